The highest BCUT2D eigenvalue weighted by Gasteiger charge is 2.28. The zero-order chi connectivity index (χ0) is 15.7. The number of hydrogen-bond donors (Lipinski definition) is 1. The van der Waals surface area contributed by atoms with Gasteiger partial charge in [0.2, 0.25) is 10.0 Å². The van der Waals surface area contributed by atoms with E-state index in [0.29, 0.717) is 6.54 Å². The van der Waals surface area contributed by atoms with Gasteiger partial charge in [-0.3, -0.25) is 0 Å². The molecule has 0 unspecified atom stereocenters. The summed E-state index contributed by atoms with van der Waals surface area (Å²) in [4.78, 5) is -0.0423. The summed E-state index contributed by atoms with van der Waals surface area (Å²) in [5.74, 6) is 0. The summed E-state index contributed by atoms with van der Waals surface area (Å²) in [6, 6.07) is 2.79. The topological polar surface area (TPSA) is 57.6 Å². The monoisotopic (exact) mass is 339 g/mol. The van der Waals surface area contributed by atoms with Crippen LogP contribution in [0.2, 0.25) is 10.0 Å². The quantitative estimate of drug-likeness (QED) is 0.916. The molecule has 0 aliphatic carbocycles. The molecule has 1 aromatic rings. The first-order chi connectivity index (χ1) is 9.00. The smallest absolute Gasteiger partial charge is 0.244 e. The molecule has 0 aliphatic rings. The predicted octanol–water partition coefficient (Wildman–Crippen LogP) is 3.15. The van der Waals surface area contributed by atoms with Crippen LogP contribution in [-0.2, 0) is 16.6 Å². The number of benzene rings is 1. The average Bonchev–Trinajstić information content (AvgIpc) is 2.26. The van der Waals surface area contributed by atoms with E-state index in [2.05, 4.69) is 0 Å². The van der Waals surface area contributed by atoms with Crippen LogP contribution in [0.3, 0.4) is 0 Å². The third kappa shape index (κ3) is 3.86. The van der Waals surface area contributed by atoms with Crippen molar-refractivity contribution in [1.82, 2.24) is 4.31 Å². The molecule has 0 atom stereocenters. The molecular weight excluding hydrogens is 321 g/mol. The summed E-state index contributed by atoms with van der Waals surface area (Å²) in [5.41, 5.74) is 0.0409. The highest BCUT2D eigenvalue weighted by molar-refractivity contribution is 7.89. The number of aliphatic hydroxyl groups is 1. The van der Waals surface area contributed by atoms with Gasteiger partial charge in [-0.1, -0.05) is 44.0 Å². The molecule has 114 valence electrons. The fourth-order valence-corrected chi connectivity index (χ4v) is 4.11. The van der Waals surface area contributed by atoms with E-state index in [1.807, 2.05) is 20.8 Å². The van der Waals surface area contributed by atoms with Crippen LogP contribution in [0.1, 0.15) is 26.3 Å². The fourth-order valence-electron chi connectivity index (χ4n) is 1.84. The lowest BCUT2D eigenvalue weighted by Crippen LogP contribution is -2.34. The normalized spacial score (nSPS) is 13.0. The van der Waals surface area contributed by atoms with E-state index in [1.165, 1.54) is 23.5 Å². The van der Waals surface area contributed by atoms with Crippen molar-refractivity contribution in [3.8, 4) is 0 Å². The second-order valence-corrected chi connectivity index (χ2v) is 8.62. The summed E-state index contributed by atoms with van der Waals surface area (Å²) in [7, 11) is -2.22. The van der Waals surface area contributed by atoms with Crippen LogP contribution >= 0.6 is 23.2 Å². The molecule has 0 fully saturated rings. The first kappa shape index (κ1) is 17.7. The maximum atomic E-state index is 12.5. The largest absolute Gasteiger partial charge is 0.392 e. The summed E-state index contributed by atoms with van der Waals surface area (Å²) >= 11 is 11.9. The van der Waals surface area contributed by atoms with E-state index in [-0.39, 0.29) is 25.9 Å². The third-order valence-electron chi connectivity index (χ3n) is 2.69. The van der Waals surface area contributed by atoms with Crippen LogP contribution in [0.15, 0.2) is 17.0 Å². The average molecular weight is 340 g/mol. The highest BCUT2D eigenvalue weighted by atomic mass is 35.5. The van der Waals surface area contributed by atoms with Crippen molar-refractivity contribution in [2.75, 3.05) is 13.6 Å². The van der Waals surface area contributed by atoms with Crippen LogP contribution in [-0.4, -0.2) is 31.4 Å². The molecule has 0 amide bonds. The second kappa shape index (κ2) is 6.20. The van der Waals surface area contributed by atoms with Crippen LogP contribution in [0.25, 0.3) is 0 Å². The molecular formula is C13H19Cl2NO3S. The van der Waals surface area contributed by atoms with Gasteiger partial charge in [0.1, 0.15) is 4.90 Å². The predicted molar refractivity (Wildman–Crippen MR) is 81.7 cm³/mol. The lowest BCUT2D eigenvalue weighted by Gasteiger charge is -2.26. The van der Waals surface area contributed by atoms with Crippen molar-refractivity contribution in [2.45, 2.75) is 32.3 Å². The van der Waals surface area contributed by atoms with Gasteiger partial charge < -0.3 is 5.11 Å². The molecule has 1 rings (SSSR count). The Bertz CT molecular complexity index is 594. The summed E-state index contributed by atoms with van der Waals surface area (Å²) in [5, 5.41) is 9.46. The van der Waals surface area contributed by atoms with E-state index in [9.17, 15) is 13.5 Å². The maximum absolute atomic E-state index is 12.5. The molecule has 1 N–H and O–H groups in total. The standard InChI is InChI=1S/C13H19Cl2NO3S/c1-13(2,3)8-16(4)20(18,19)11-6-5-10(14)9(7-17)12(11)15/h5-6,17H,7-8H2,1-4H3. The summed E-state index contributed by atoms with van der Waals surface area (Å²) < 4.78 is 26.3. The van der Waals surface area contributed by atoms with Gasteiger partial charge in [0.05, 0.1) is 11.6 Å². The van der Waals surface area contributed by atoms with E-state index in [0.717, 1.165) is 0 Å². The summed E-state index contributed by atoms with van der Waals surface area (Å²) in [6.45, 7) is 5.78. The van der Waals surface area contributed by atoms with Gasteiger partial charge in [-0.25, -0.2) is 12.7 Å². The Hall–Kier alpha value is -0.330. The lowest BCUT2D eigenvalue weighted by molar-refractivity contribution is 0.281. The molecule has 0 aromatic heterocycles. The molecule has 1 aromatic carbocycles. The van der Waals surface area contributed by atoms with Crippen LogP contribution < -0.4 is 0 Å². The molecule has 0 radical (unpaired) electrons. The van der Waals surface area contributed by atoms with Gasteiger partial charge in [0.25, 0.3) is 0 Å². The van der Waals surface area contributed by atoms with E-state index in [4.69, 9.17) is 23.2 Å². The molecule has 0 saturated carbocycles. The Morgan fingerprint density at radius 2 is 1.80 bits per heavy atom. The van der Waals surface area contributed by atoms with Crippen molar-refractivity contribution >= 4 is 33.2 Å². The number of rotatable bonds is 4. The minimum atomic E-state index is -3.72. The van der Waals surface area contributed by atoms with Crippen LogP contribution in [0.4, 0.5) is 0 Å². The molecule has 0 bridgehead atoms. The Morgan fingerprint density at radius 3 is 2.25 bits per heavy atom. The van der Waals surface area contributed by atoms with Gasteiger partial charge in [0, 0.05) is 24.2 Å². The number of sulfonamides is 1. The molecule has 7 heteroatoms. The Kier molecular flexibility index (Phi) is 5.49. The number of hydrogen-bond acceptors (Lipinski definition) is 3. The zero-order valence-corrected chi connectivity index (χ0v) is 14.3. The molecule has 0 saturated heterocycles. The molecule has 0 aliphatic heterocycles. The second-order valence-electron chi connectivity index (χ2n) is 5.82. The molecule has 20 heavy (non-hydrogen) atoms. The number of aliphatic hydroxyl groups excluding tert-OH is 1. The van der Waals surface area contributed by atoms with E-state index >= 15 is 0 Å². The van der Waals surface area contributed by atoms with Gasteiger partial charge in [-0.05, 0) is 17.5 Å². The Balaban J connectivity index is 3.30. The minimum Gasteiger partial charge on any atom is -0.392 e. The number of nitrogens with zero attached hydrogens (tertiary/aromatic N) is 1. The SMILES string of the molecule is CN(CC(C)(C)C)S(=O)(=O)c1ccc(Cl)c(CO)c1Cl. The Labute approximate surface area is 130 Å². The fraction of sp³-hybridized carbons (Fsp3) is 0.538. The Morgan fingerprint density at radius 1 is 1.25 bits per heavy atom. The minimum absolute atomic E-state index is 0.0271. The third-order valence-corrected chi connectivity index (χ3v) is 5.44. The molecule has 4 nitrogen and oxygen atoms in total. The van der Waals surface area contributed by atoms with E-state index in [1.54, 1.807) is 0 Å². The van der Waals surface area contributed by atoms with Gasteiger partial charge >= 0.3 is 0 Å². The molecule has 0 heterocycles. The van der Waals surface area contributed by atoms with Crippen molar-refractivity contribution < 1.29 is 13.5 Å². The highest BCUT2D eigenvalue weighted by Crippen LogP contribution is 2.33. The van der Waals surface area contributed by atoms with Crippen molar-refractivity contribution in [2.24, 2.45) is 5.41 Å². The number of halogens is 2. The van der Waals surface area contributed by atoms with Gasteiger partial charge in [-0.2, -0.15) is 0 Å². The first-order valence-corrected chi connectivity index (χ1v) is 8.24. The van der Waals surface area contributed by atoms with Crippen LogP contribution in [0.5, 0.6) is 0 Å². The summed E-state index contributed by atoms with van der Waals surface area (Å²) in [6.07, 6.45) is 0. The lowest BCUT2D eigenvalue weighted by atomic mass is 9.97. The van der Waals surface area contributed by atoms with Crippen molar-refractivity contribution in [3.63, 3.8) is 0 Å². The van der Waals surface area contributed by atoms with Crippen molar-refractivity contribution in [1.29, 1.82) is 0 Å². The molecule has 0 spiro atoms. The van der Waals surface area contributed by atoms with E-state index < -0.39 is 16.6 Å². The maximum Gasteiger partial charge on any atom is 0.244 e. The zero-order valence-electron chi connectivity index (χ0n) is 11.9. The van der Waals surface area contributed by atoms with Crippen LogP contribution in [0, 0.1) is 5.41 Å². The van der Waals surface area contributed by atoms with Gasteiger partial charge in [0.15, 0.2) is 0 Å². The van der Waals surface area contributed by atoms with Crippen molar-refractivity contribution in [3.05, 3.63) is 27.7 Å². The first-order valence-electron chi connectivity index (χ1n) is 6.05. The van der Waals surface area contributed by atoms with Gasteiger partial charge in [-0.15, -0.1) is 0 Å².